The minimum absolute atomic E-state index is 0.121. The van der Waals surface area contributed by atoms with E-state index in [4.69, 9.17) is 23.7 Å². The van der Waals surface area contributed by atoms with Crippen molar-refractivity contribution in [3.05, 3.63) is 65.8 Å². The molecule has 9 nitrogen and oxygen atoms in total. The normalized spacial score (nSPS) is 14.9. The van der Waals surface area contributed by atoms with Crippen LogP contribution in [0.15, 0.2) is 54.6 Å². The monoisotopic (exact) mass is 504 g/mol. The van der Waals surface area contributed by atoms with E-state index in [1.54, 1.807) is 25.1 Å². The Morgan fingerprint density at radius 2 is 1.44 bits per heavy atom. The summed E-state index contributed by atoms with van der Waals surface area (Å²) in [6.07, 6.45) is -1.39. The van der Waals surface area contributed by atoms with E-state index in [1.165, 1.54) is 39.5 Å². The van der Waals surface area contributed by atoms with Gasteiger partial charge in [0, 0.05) is 0 Å². The zero-order chi connectivity index (χ0) is 26.8. The minimum atomic E-state index is -1.28. The van der Waals surface area contributed by atoms with E-state index in [0.29, 0.717) is 22.6 Å². The summed E-state index contributed by atoms with van der Waals surface area (Å²) in [5.74, 6) is 1.31. The lowest BCUT2D eigenvalue weighted by molar-refractivity contribution is -0.000922. The first-order valence-electron chi connectivity index (χ1n) is 11.4. The predicted molar refractivity (Wildman–Crippen MR) is 135 cm³/mol. The molecule has 2 aromatic rings. The van der Waals surface area contributed by atoms with Crippen molar-refractivity contribution in [3.63, 3.8) is 0 Å². The van der Waals surface area contributed by atoms with Crippen LogP contribution in [0.3, 0.4) is 0 Å². The molecule has 4 unspecified atom stereocenters. The first-order valence-corrected chi connectivity index (χ1v) is 11.4. The van der Waals surface area contributed by atoms with Gasteiger partial charge in [-0.25, -0.2) is 0 Å². The highest BCUT2D eigenvalue weighted by atomic mass is 16.6. The molecule has 0 aliphatic carbocycles. The number of rotatable bonds is 14. The van der Waals surface area contributed by atoms with Gasteiger partial charge in [0.2, 0.25) is 5.75 Å². The predicted octanol–water partition coefficient (Wildman–Crippen LogP) is 2.73. The van der Waals surface area contributed by atoms with E-state index >= 15 is 0 Å². The molecule has 0 radical (unpaired) electrons. The number of hydrogen-bond acceptors (Lipinski definition) is 9. The molecule has 9 heteroatoms. The Morgan fingerprint density at radius 1 is 0.861 bits per heavy atom. The largest absolute Gasteiger partial charge is 0.493 e. The Balaban J connectivity index is 2.41. The van der Waals surface area contributed by atoms with E-state index in [0.717, 1.165) is 5.56 Å². The van der Waals surface area contributed by atoms with Gasteiger partial charge in [-0.3, -0.25) is 0 Å². The molecule has 4 atom stereocenters. The van der Waals surface area contributed by atoms with Crippen LogP contribution >= 0.6 is 0 Å². The van der Waals surface area contributed by atoms with Crippen LogP contribution in [0.1, 0.15) is 24.2 Å². The van der Waals surface area contributed by atoms with E-state index in [2.05, 4.69) is 6.58 Å². The Labute approximate surface area is 211 Å². The SMILES string of the molecule is C=C/C(=C\C)C(O)C(CO)Oc1c(OC)cc(C(O)C(CO)Oc2ccc(C)cc2OC)cc1OC. The van der Waals surface area contributed by atoms with Crippen molar-refractivity contribution in [1.29, 1.82) is 0 Å². The summed E-state index contributed by atoms with van der Waals surface area (Å²) in [5, 5.41) is 41.5. The standard InChI is InChI=1S/C27H36O9/c1-7-17(8-2)25(30)24(15-29)36-27-21(33-5)12-18(13-22(27)34-6)26(31)23(14-28)35-19-10-9-16(3)11-20(19)32-4/h7-13,23-26,28-31H,1,14-15H2,2-6H3/b17-8+. The molecule has 0 aromatic heterocycles. The van der Waals surface area contributed by atoms with Crippen molar-refractivity contribution in [3.8, 4) is 28.7 Å². The Morgan fingerprint density at radius 3 is 1.92 bits per heavy atom. The quantitative estimate of drug-likeness (QED) is 0.287. The van der Waals surface area contributed by atoms with Gasteiger partial charge in [0.25, 0.3) is 0 Å². The van der Waals surface area contributed by atoms with Crippen LogP contribution < -0.4 is 23.7 Å². The molecule has 36 heavy (non-hydrogen) atoms. The van der Waals surface area contributed by atoms with Crippen molar-refractivity contribution in [2.75, 3.05) is 34.5 Å². The number of allylic oxidation sites excluding steroid dienone is 1. The average molecular weight is 505 g/mol. The Kier molecular flexibility index (Phi) is 11.1. The zero-order valence-corrected chi connectivity index (χ0v) is 21.3. The number of benzene rings is 2. The summed E-state index contributed by atoms with van der Waals surface area (Å²) >= 11 is 0. The maximum atomic E-state index is 11.1. The van der Waals surface area contributed by atoms with Gasteiger partial charge in [-0.1, -0.05) is 24.8 Å². The fraction of sp³-hybridized carbons (Fsp3) is 0.407. The van der Waals surface area contributed by atoms with Gasteiger partial charge in [-0.2, -0.15) is 0 Å². The summed E-state index contributed by atoms with van der Waals surface area (Å²) in [7, 11) is 4.31. The smallest absolute Gasteiger partial charge is 0.204 e. The summed E-state index contributed by atoms with van der Waals surface area (Å²) in [4.78, 5) is 0. The summed E-state index contributed by atoms with van der Waals surface area (Å²) in [6, 6.07) is 8.32. The lowest BCUT2D eigenvalue weighted by Gasteiger charge is -2.27. The lowest BCUT2D eigenvalue weighted by atomic mass is 10.0. The van der Waals surface area contributed by atoms with Gasteiger partial charge in [0.1, 0.15) is 12.2 Å². The highest BCUT2D eigenvalue weighted by Gasteiger charge is 2.29. The minimum Gasteiger partial charge on any atom is -0.493 e. The summed E-state index contributed by atoms with van der Waals surface area (Å²) in [5.41, 5.74) is 1.77. The third kappa shape index (κ3) is 6.70. The first-order chi connectivity index (χ1) is 17.3. The molecule has 0 spiro atoms. The van der Waals surface area contributed by atoms with Gasteiger partial charge in [-0.15, -0.1) is 0 Å². The number of aliphatic hydroxyl groups is 4. The molecule has 0 saturated carbocycles. The molecule has 0 saturated heterocycles. The van der Waals surface area contributed by atoms with Crippen molar-refractivity contribution in [2.45, 2.75) is 38.3 Å². The molecule has 0 aliphatic rings. The Hall–Kier alpha value is -3.24. The topological polar surface area (TPSA) is 127 Å². The van der Waals surface area contributed by atoms with Crippen LogP contribution in [-0.2, 0) is 0 Å². The third-order valence-corrected chi connectivity index (χ3v) is 5.67. The summed E-state index contributed by atoms with van der Waals surface area (Å²) in [6.45, 7) is 6.31. The van der Waals surface area contributed by atoms with E-state index < -0.39 is 37.6 Å². The van der Waals surface area contributed by atoms with Crippen molar-refractivity contribution in [2.24, 2.45) is 0 Å². The second-order valence-corrected chi connectivity index (χ2v) is 7.97. The van der Waals surface area contributed by atoms with Crippen LogP contribution in [0.2, 0.25) is 0 Å². The van der Waals surface area contributed by atoms with E-state index in [9.17, 15) is 20.4 Å². The van der Waals surface area contributed by atoms with Gasteiger partial charge >= 0.3 is 0 Å². The second kappa shape index (κ2) is 13.7. The van der Waals surface area contributed by atoms with E-state index in [-0.39, 0.29) is 17.2 Å². The highest BCUT2D eigenvalue weighted by molar-refractivity contribution is 5.55. The number of aliphatic hydroxyl groups excluding tert-OH is 4. The first kappa shape index (κ1) is 29.0. The molecule has 0 fully saturated rings. The van der Waals surface area contributed by atoms with Crippen LogP contribution in [0.25, 0.3) is 0 Å². The van der Waals surface area contributed by atoms with Crippen LogP contribution in [-0.4, -0.2) is 73.3 Å². The maximum absolute atomic E-state index is 11.1. The fourth-order valence-corrected chi connectivity index (χ4v) is 3.62. The van der Waals surface area contributed by atoms with E-state index in [1.807, 2.05) is 13.0 Å². The molecule has 2 rings (SSSR count). The second-order valence-electron chi connectivity index (χ2n) is 7.97. The third-order valence-electron chi connectivity index (χ3n) is 5.67. The fourth-order valence-electron chi connectivity index (χ4n) is 3.62. The summed E-state index contributed by atoms with van der Waals surface area (Å²) < 4.78 is 28.0. The number of methoxy groups -OCH3 is 3. The molecule has 0 amide bonds. The van der Waals surface area contributed by atoms with Crippen molar-refractivity contribution in [1.82, 2.24) is 0 Å². The lowest BCUT2D eigenvalue weighted by Crippen LogP contribution is -2.36. The molecule has 198 valence electrons. The van der Waals surface area contributed by atoms with Gasteiger partial charge in [0.15, 0.2) is 35.2 Å². The van der Waals surface area contributed by atoms with Gasteiger partial charge in [0.05, 0.1) is 34.5 Å². The maximum Gasteiger partial charge on any atom is 0.204 e. The molecular weight excluding hydrogens is 468 g/mol. The average Bonchev–Trinajstić information content (AvgIpc) is 2.90. The molecule has 4 N–H and O–H groups in total. The van der Waals surface area contributed by atoms with Crippen molar-refractivity contribution < 1.29 is 44.1 Å². The zero-order valence-electron chi connectivity index (χ0n) is 21.3. The van der Waals surface area contributed by atoms with Crippen LogP contribution in [0.4, 0.5) is 0 Å². The van der Waals surface area contributed by atoms with Crippen LogP contribution in [0, 0.1) is 6.92 Å². The highest BCUT2D eigenvalue weighted by Crippen LogP contribution is 2.42. The molecule has 2 aromatic carbocycles. The molecule has 0 bridgehead atoms. The van der Waals surface area contributed by atoms with Crippen molar-refractivity contribution >= 4 is 0 Å². The number of hydrogen-bond donors (Lipinski definition) is 4. The molecule has 0 heterocycles. The van der Waals surface area contributed by atoms with Gasteiger partial charge < -0.3 is 44.1 Å². The van der Waals surface area contributed by atoms with Gasteiger partial charge in [-0.05, 0) is 54.8 Å². The number of aryl methyl sites for hydroxylation is 1. The van der Waals surface area contributed by atoms with Crippen LogP contribution in [0.5, 0.6) is 28.7 Å². The molecule has 0 aliphatic heterocycles. The number of ether oxygens (including phenoxy) is 5. The molecular formula is C27H36O9. The Bertz CT molecular complexity index is 1010.